The summed E-state index contributed by atoms with van der Waals surface area (Å²) in [6.07, 6.45) is 4.88. The molecule has 4 rings (SSSR count). The molecule has 0 radical (unpaired) electrons. The number of benzene rings is 3. The summed E-state index contributed by atoms with van der Waals surface area (Å²) in [5, 5.41) is 9.60. The van der Waals surface area contributed by atoms with E-state index in [-0.39, 0.29) is 5.75 Å². The highest BCUT2D eigenvalue weighted by atomic mass is 35.5. The molecule has 1 N–H and O–H groups in total. The minimum absolute atomic E-state index is 0.287. The molecule has 0 amide bonds. The molecule has 3 nitrogen and oxygen atoms in total. The molecule has 0 saturated carbocycles. The third kappa shape index (κ3) is 5.17. The number of ether oxygens (including phenoxy) is 2. The quantitative estimate of drug-likeness (QED) is 0.467. The molecule has 3 aromatic rings. The van der Waals surface area contributed by atoms with Crippen molar-refractivity contribution in [1.82, 2.24) is 0 Å². The van der Waals surface area contributed by atoms with E-state index >= 15 is 0 Å². The van der Waals surface area contributed by atoms with E-state index in [1.54, 1.807) is 12.1 Å². The third-order valence-electron chi connectivity index (χ3n) is 5.24. The van der Waals surface area contributed by atoms with E-state index in [0.717, 1.165) is 37.4 Å². The van der Waals surface area contributed by atoms with Crippen LogP contribution in [0.2, 0.25) is 0 Å². The minimum atomic E-state index is 0.287. The van der Waals surface area contributed by atoms with Gasteiger partial charge in [0, 0.05) is 6.42 Å². The van der Waals surface area contributed by atoms with Gasteiger partial charge in [-0.15, -0.1) is 11.6 Å². The average molecular weight is 421 g/mol. The number of fused-ring (bicyclic) bond motifs is 1. The first-order valence-corrected chi connectivity index (χ1v) is 10.8. The summed E-state index contributed by atoms with van der Waals surface area (Å²) in [6, 6.07) is 22.0. The van der Waals surface area contributed by atoms with Gasteiger partial charge < -0.3 is 14.6 Å². The van der Waals surface area contributed by atoms with Crippen LogP contribution in [-0.4, -0.2) is 24.2 Å². The van der Waals surface area contributed by atoms with Crippen molar-refractivity contribution in [3.8, 4) is 17.2 Å². The molecule has 1 heterocycles. The lowest BCUT2D eigenvalue weighted by molar-refractivity contribution is 0.342. The normalized spacial score (nSPS) is 13.0. The van der Waals surface area contributed by atoms with E-state index in [1.165, 1.54) is 27.8 Å². The summed E-state index contributed by atoms with van der Waals surface area (Å²) in [6.45, 7) is 1.27. The van der Waals surface area contributed by atoms with E-state index in [4.69, 9.17) is 21.1 Å². The number of alkyl halides is 1. The van der Waals surface area contributed by atoms with Gasteiger partial charge >= 0.3 is 0 Å². The molecule has 1 aliphatic heterocycles. The van der Waals surface area contributed by atoms with E-state index in [1.807, 2.05) is 24.3 Å². The van der Waals surface area contributed by atoms with Gasteiger partial charge in [-0.1, -0.05) is 36.4 Å². The van der Waals surface area contributed by atoms with Gasteiger partial charge in [-0.3, -0.25) is 0 Å². The fourth-order valence-electron chi connectivity index (χ4n) is 3.63. The molecule has 3 aromatic carbocycles. The molecule has 1 aliphatic rings. The van der Waals surface area contributed by atoms with Crippen molar-refractivity contribution in [3.63, 3.8) is 0 Å². The van der Waals surface area contributed by atoms with Crippen molar-refractivity contribution in [3.05, 3.63) is 95.1 Å². The van der Waals surface area contributed by atoms with Crippen LogP contribution in [0, 0.1) is 0 Å². The lowest BCUT2D eigenvalue weighted by Gasteiger charge is -2.11. The number of phenols is 1. The monoisotopic (exact) mass is 420 g/mol. The van der Waals surface area contributed by atoms with Crippen LogP contribution in [0.4, 0.5) is 0 Å². The first-order chi connectivity index (χ1) is 14.7. The van der Waals surface area contributed by atoms with E-state index in [2.05, 4.69) is 36.4 Å². The molecule has 0 aliphatic carbocycles. The van der Waals surface area contributed by atoms with Crippen molar-refractivity contribution in [2.45, 2.75) is 19.3 Å². The molecule has 0 unspecified atom stereocenters. The summed E-state index contributed by atoms with van der Waals surface area (Å²) in [7, 11) is 0. The van der Waals surface area contributed by atoms with Crippen LogP contribution in [0.25, 0.3) is 5.57 Å². The first kappa shape index (κ1) is 20.4. The van der Waals surface area contributed by atoms with Crippen molar-refractivity contribution < 1.29 is 14.6 Å². The summed E-state index contributed by atoms with van der Waals surface area (Å²) >= 11 is 5.68. The Bertz CT molecular complexity index is 1010. The van der Waals surface area contributed by atoms with Crippen molar-refractivity contribution in [2.24, 2.45) is 0 Å². The number of phenolic OH excluding ortho intramolecular Hbond substituents is 1. The zero-order chi connectivity index (χ0) is 20.8. The van der Waals surface area contributed by atoms with E-state index in [0.29, 0.717) is 12.5 Å². The summed E-state index contributed by atoms with van der Waals surface area (Å²) in [5.74, 6) is 2.61. The van der Waals surface area contributed by atoms with Gasteiger partial charge in [-0.05, 0) is 77.1 Å². The maximum atomic E-state index is 9.60. The fourth-order valence-corrected chi connectivity index (χ4v) is 3.71. The lowest BCUT2D eigenvalue weighted by atomic mass is 9.94. The Hall–Kier alpha value is -2.91. The molecule has 0 atom stereocenters. The van der Waals surface area contributed by atoms with Crippen molar-refractivity contribution in [2.75, 3.05) is 19.1 Å². The molecule has 0 spiro atoms. The highest BCUT2D eigenvalue weighted by Crippen LogP contribution is 2.30. The van der Waals surface area contributed by atoms with Crippen molar-refractivity contribution in [1.29, 1.82) is 0 Å². The van der Waals surface area contributed by atoms with Crippen LogP contribution in [-0.2, 0) is 19.3 Å². The van der Waals surface area contributed by atoms with Crippen LogP contribution in [0.3, 0.4) is 0 Å². The number of aromatic hydroxyl groups is 1. The Morgan fingerprint density at radius 2 is 1.77 bits per heavy atom. The Labute approximate surface area is 182 Å². The molecule has 0 saturated heterocycles. The van der Waals surface area contributed by atoms with Gasteiger partial charge in [0.2, 0.25) is 0 Å². The van der Waals surface area contributed by atoms with Crippen LogP contribution < -0.4 is 9.47 Å². The highest BCUT2D eigenvalue weighted by molar-refractivity contribution is 6.18. The topological polar surface area (TPSA) is 38.7 Å². The maximum Gasteiger partial charge on any atom is 0.122 e. The smallest absolute Gasteiger partial charge is 0.122 e. The zero-order valence-corrected chi connectivity index (χ0v) is 17.6. The predicted octanol–water partition coefficient (Wildman–Crippen LogP) is 5.81. The van der Waals surface area contributed by atoms with Crippen LogP contribution >= 0.6 is 11.6 Å². The Balaban J connectivity index is 1.56. The molecule has 154 valence electrons. The molecule has 0 fully saturated rings. The Kier molecular flexibility index (Phi) is 6.60. The second-order valence-electron chi connectivity index (χ2n) is 7.38. The predicted molar refractivity (Wildman–Crippen MR) is 122 cm³/mol. The molecular weight excluding hydrogens is 396 g/mol. The van der Waals surface area contributed by atoms with Gasteiger partial charge in [0.15, 0.2) is 0 Å². The zero-order valence-electron chi connectivity index (χ0n) is 16.8. The lowest BCUT2D eigenvalue weighted by Crippen LogP contribution is -1.98. The van der Waals surface area contributed by atoms with Gasteiger partial charge in [-0.2, -0.15) is 0 Å². The number of allylic oxidation sites excluding steroid dienone is 2. The molecule has 0 bridgehead atoms. The van der Waals surface area contributed by atoms with Gasteiger partial charge in [0.1, 0.15) is 23.9 Å². The summed E-state index contributed by atoms with van der Waals surface area (Å²) in [4.78, 5) is 0. The first-order valence-electron chi connectivity index (χ1n) is 10.2. The second-order valence-corrected chi connectivity index (χ2v) is 7.76. The Morgan fingerprint density at radius 3 is 2.53 bits per heavy atom. The number of hydrogen-bond donors (Lipinski definition) is 1. The van der Waals surface area contributed by atoms with Crippen molar-refractivity contribution >= 4 is 17.2 Å². The van der Waals surface area contributed by atoms with Gasteiger partial charge in [-0.25, -0.2) is 0 Å². The molecule has 30 heavy (non-hydrogen) atoms. The summed E-state index contributed by atoms with van der Waals surface area (Å²) in [5.41, 5.74) is 6.14. The van der Waals surface area contributed by atoms with Gasteiger partial charge in [0.25, 0.3) is 0 Å². The minimum Gasteiger partial charge on any atom is -0.508 e. The SMILES string of the molecule is Oc1ccc(CC(=CCc2ccc(OCCCl)cc2)c2ccc3c(c2)CCO3)cc1. The standard InChI is InChI=1S/C26H25ClO3/c27-14-16-29-25-10-4-19(5-11-25)1-6-21(17-20-2-8-24(28)9-3-20)22-7-12-26-23(18-22)13-15-30-26/h2-12,18,28H,1,13-17H2. The molecule has 0 aromatic heterocycles. The van der Waals surface area contributed by atoms with Crippen LogP contribution in [0.15, 0.2) is 72.8 Å². The second kappa shape index (κ2) is 9.73. The van der Waals surface area contributed by atoms with Gasteiger partial charge in [0.05, 0.1) is 12.5 Å². The van der Waals surface area contributed by atoms with Crippen LogP contribution in [0.5, 0.6) is 17.2 Å². The maximum absolute atomic E-state index is 9.60. The van der Waals surface area contributed by atoms with E-state index < -0.39 is 0 Å². The summed E-state index contributed by atoms with van der Waals surface area (Å²) < 4.78 is 11.2. The number of hydrogen-bond acceptors (Lipinski definition) is 3. The average Bonchev–Trinajstić information content (AvgIpc) is 3.25. The molecule has 4 heteroatoms. The molecular formula is C26H25ClO3. The Morgan fingerprint density at radius 1 is 1.00 bits per heavy atom. The number of halogens is 1. The third-order valence-corrected chi connectivity index (χ3v) is 5.40. The van der Waals surface area contributed by atoms with Crippen LogP contribution in [0.1, 0.15) is 22.3 Å². The van der Waals surface area contributed by atoms with E-state index in [9.17, 15) is 5.11 Å². The highest BCUT2D eigenvalue weighted by Gasteiger charge is 2.14. The number of rotatable bonds is 8. The largest absolute Gasteiger partial charge is 0.508 e. The fraction of sp³-hybridized carbons (Fsp3) is 0.231.